The summed E-state index contributed by atoms with van der Waals surface area (Å²) in [6.07, 6.45) is 5.29. The molecule has 6 heteroatoms. The van der Waals surface area contributed by atoms with Crippen LogP contribution in [0.2, 0.25) is 0 Å². The molecule has 158 valence electrons. The summed E-state index contributed by atoms with van der Waals surface area (Å²) in [5, 5.41) is 3.04. The molecule has 1 aromatic carbocycles. The fourth-order valence-electron chi connectivity index (χ4n) is 3.88. The minimum Gasteiger partial charge on any atom is -0.348 e. The SMILES string of the molecule is C=C/C=C\C[C@@H]1[C@@H](NC(C)=O)[C@@H](OCc2ccccc2)O[C@@H]2COC(C)(C)O[C@@H]12. The Morgan fingerprint density at radius 3 is 2.79 bits per heavy atom. The van der Waals surface area contributed by atoms with E-state index in [0.717, 1.165) is 5.56 Å². The van der Waals surface area contributed by atoms with E-state index in [0.29, 0.717) is 19.6 Å². The minimum atomic E-state index is -0.705. The number of nitrogens with one attached hydrogen (secondary N) is 1. The van der Waals surface area contributed by atoms with Crippen LogP contribution in [0.5, 0.6) is 0 Å². The van der Waals surface area contributed by atoms with Crippen LogP contribution in [0.15, 0.2) is 55.1 Å². The van der Waals surface area contributed by atoms with Crippen LogP contribution < -0.4 is 5.32 Å². The summed E-state index contributed by atoms with van der Waals surface area (Å²) >= 11 is 0. The van der Waals surface area contributed by atoms with E-state index in [1.807, 2.05) is 56.3 Å². The molecule has 0 radical (unpaired) electrons. The number of hydrogen-bond donors (Lipinski definition) is 1. The summed E-state index contributed by atoms with van der Waals surface area (Å²) in [6.45, 7) is 9.83. The summed E-state index contributed by atoms with van der Waals surface area (Å²) < 4.78 is 24.4. The van der Waals surface area contributed by atoms with Crippen LogP contribution in [0.4, 0.5) is 0 Å². The van der Waals surface area contributed by atoms with Crippen LogP contribution in [0, 0.1) is 5.92 Å². The first-order valence-corrected chi connectivity index (χ1v) is 10.1. The van der Waals surface area contributed by atoms with Crippen molar-refractivity contribution in [1.82, 2.24) is 5.32 Å². The van der Waals surface area contributed by atoms with Gasteiger partial charge in [-0.15, -0.1) is 0 Å². The fourth-order valence-corrected chi connectivity index (χ4v) is 3.88. The summed E-state index contributed by atoms with van der Waals surface area (Å²) in [6, 6.07) is 9.55. The van der Waals surface area contributed by atoms with Crippen LogP contribution in [-0.4, -0.2) is 42.8 Å². The number of hydrogen-bond acceptors (Lipinski definition) is 5. The molecular weight excluding hydrogens is 370 g/mol. The number of fused-ring (bicyclic) bond motifs is 1. The van der Waals surface area contributed by atoms with Crippen molar-refractivity contribution in [3.8, 4) is 0 Å². The van der Waals surface area contributed by atoms with Gasteiger partial charge in [-0.2, -0.15) is 0 Å². The molecule has 0 saturated carbocycles. The van der Waals surface area contributed by atoms with E-state index in [1.54, 1.807) is 6.08 Å². The molecule has 0 bridgehead atoms. The van der Waals surface area contributed by atoms with Gasteiger partial charge in [0.15, 0.2) is 12.1 Å². The second-order valence-electron chi connectivity index (χ2n) is 7.92. The molecule has 2 fully saturated rings. The van der Waals surface area contributed by atoms with E-state index in [9.17, 15) is 4.79 Å². The summed E-state index contributed by atoms with van der Waals surface area (Å²) in [5.41, 5.74) is 1.04. The largest absolute Gasteiger partial charge is 0.348 e. The third-order valence-corrected chi connectivity index (χ3v) is 5.17. The highest BCUT2D eigenvalue weighted by atomic mass is 16.8. The molecule has 1 aromatic rings. The minimum absolute atomic E-state index is 0.0298. The lowest BCUT2D eigenvalue weighted by Gasteiger charge is -2.51. The molecular formula is C23H31NO5. The van der Waals surface area contributed by atoms with Gasteiger partial charge in [0.25, 0.3) is 0 Å². The quantitative estimate of drug-likeness (QED) is 0.710. The maximum absolute atomic E-state index is 12.0. The molecule has 1 amide bonds. The van der Waals surface area contributed by atoms with Crippen LogP contribution >= 0.6 is 0 Å². The Balaban J connectivity index is 1.83. The molecule has 2 heterocycles. The van der Waals surface area contributed by atoms with Crippen molar-refractivity contribution < 1.29 is 23.7 Å². The van der Waals surface area contributed by atoms with Crippen LogP contribution in [-0.2, 0) is 30.3 Å². The van der Waals surface area contributed by atoms with Gasteiger partial charge in [0.2, 0.25) is 5.91 Å². The number of ether oxygens (including phenoxy) is 4. The Morgan fingerprint density at radius 2 is 2.10 bits per heavy atom. The molecule has 6 nitrogen and oxygen atoms in total. The topological polar surface area (TPSA) is 66.0 Å². The van der Waals surface area contributed by atoms with Gasteiger partial charge in [-0.05, 0) is 25.8 Å². The maximum Gasteiger partial charge on any atom is 0.217 e. The van der Waals surface area contributed by atoms with Crippen molar-refractivity contribution in [2.45, 2.75) is 64.1 Å². The molecule has 0 unspecified atom stereocenters. The monoisotopic (exact) mass is 401 g/mol. The van der Waals surface area contributed by atoms with Crippen molar-refractivity contribution in [3.05, 3.63) is 60.7 Å². The Kier molecular flexibility index (Phi) is 7.24. The Bertz CT molecular complexity index is 717. The van der Waals surface area contributed by atoms with E-state index >= 15 is 0 Å². The van der Waals surface area contributed by atoms with E-state index in [4.69, 9.17) is 18.9 Å². The van der Waals surface area contributed by atoms with Crippen molar-refractivity contribution in [2.24, 2.45) is 5.92 Å². The first kappa shape index (κ1) is 21.7. The predicted molar refractivity (Wildman–Crippen MR) is 110 cm³/mol. The zero-order chi connectivity index (χ0) is 20.9. The van der Waals surface area contributed by atoms with E-state index < -0.39 is 12.1 Å². The average Bonchev–Trinajstić information content (AvgIpc) is 2.68. The van der Waals surface area contributed by atoms with E-state index in [1.165, 1.54) is 6.92 Å². The first-order valence-electron chi connectivity index (χ1n) is 10.1. The van der Waals surface area contributed by atoms with Gasteiger partial charge in [0.05, 0.1) is 25.4 Å². The molecule has 2 saturated heterocycles. The second kappa shape index (κ2) is 9.67. The highest BCUT2D eigenvalue weighted by molar-refractivity contribution is 5.73. The van der Waals surface area contributed by atoms with E-state index in [2.05, 4.69) is 11.9 Å². The smallest absolute Gasteiger partial charge is 0.217 e. The molecule has 0 spiro atoms. The lowest BCUT2D eigenvalue weighted by Crippen LogP contribution is -2.65. The molecule has 5 atom stereocenters. The number of carbonyl (C=O) groups excluding carboxylic acids is 1. The zero-order valence-electron chi connectivity index (χ0n) is 17.4. The van der Waals surface area contributed by atoms with Gasteiger partial charge < -0.3 is 24.3 Å². The highest BCUT2D eigenvalue weighted by Crippen LogP contribution is 2.38. The molecule has 0 aromatic heterocycles. The molecule has 2 aliphatic rings. The normalized spacial score (nSPS) is 31.2. The van der Waals surface area contributed by atoms with Crippen molar-refractivity contribution in [3.63, 3.8) is 0 Å². The van der Waals surface area contributed by atoms with Gasteiger partial charge in [0.1, 0.15) is 6.10 Å². The Hall–Kier alpha value is -1.99. The predicted octanol–water partition coefficient (Wildman–Crippen LogP) is 3.33. The van der Waals surface area contributed by atoms with Gasteiger partial charge in [-0.1, -0.05) is 55.1 Å². The maximum atomic E-state index is 12.0. The number of benzene rings is 1. The first-order chi connectivity index (χ1) is 13.9. The second-order valence-corrected chi connectivity index (χ2v) is 7.92. The van der Waals surface area contributed by atoms with Crippen LogP contribution in [0.3, 0.4) is 0 Å². The summed E-state index contributed by atoms with van der Waals surface area (Å²) in [5.74, 6) is -0.865. The molecule has 1 N–H and O–H groups in total. The fraction of sp³-hybridized carbons (Fsp3) is 0.522. The Morgan fingerprint density at radius 1 is 1.34 bits per heavy atom. The van der Waals surface area contributed by atoms with Crippen molar-refractivity contribution in [2.75, 3.05) is 6.61 Å². The lowest BCUT2D eigenvalue weighted by molar-refractivity contribution is -0.363. The van der Waals surface area contributed by atoms with Gasteiger partial charge in [-0.3, -0.25) is 4.79 Å². The molecule has 3 rings (SSSR count). The number of allylic oxidation sites excluding steroid dienone is 3. The van der Waals surface area contributed by atoms with Crippen molar-refractivity contribution >= 4 is 5.91 Å². The number of carbonyl (C=O) groups is 1. The highest BCUT2D eigenvalue weighted by Gasteiger charge is 2.51. The average molecular weight is 402 g/mol. The van der Waals surface area contributed by atoms with E-state index in [-0.39, 0.29) is 30.1 Å². The molecule has 0 aliphatic carbocycles. The van der Waals surface area contributed by atoms with Crippen LogP contribution in [0.25, 0.3) is 0 Å². The third kappa shape index (κ3) is 5.76. The van der Waals surface area contributed by atoms with Gasteiger partial charge in [-0.25, -0.2) is 0 Å². The summed E-state index contributed by atoms with van der Waals surface area (Å²) in [4.78, 5) is 12.0. The molecule has 29 heavy (non-hydrogen) atoms. The van der Waals surface area contributed by atoms with Gasteiger partial charge in [0, 0.05) is 12.8 Å². The van der Waals surface area contributed by atoms with Crippen molar-refractivity contribution in [1.29, 1.82) is 0 Å². The lowest BCUT2D eigenvalue weighted by atomic mass is 9.83. The molecule has 2 aliphatic heterocycles. The third-order valence-electron chi connectivity index (χ3n) is 5.17. The number of amides is 1. The summed E-state index contributed by atoms with van der Waals surface area (Å²) in [7, 11) is 0. The standard InChI is InChI=1S/C23H31NO5/c1-5-6-8-13-18-20(24-16(2)25)22(26-14-17-11-9-7-10-12-17)28-19-15-27-23(3,4)29-21(18)19/h5-12,18-22H,1,13-15H2,2-4H3,(H,24,25)/b8-6-/t18-,19-,20-,21+,22+/m1/s1. The van der Waals surface area contributed by atoms with Gasteiger partial charge >= 0.3 is 0 Å². The van der Waals surface area contributed by atoms with Crippen LogP contribution in [0.1, 0.15) is 32.8 Å². The number of rotatable bonds is 7. The zero-order valence-corrected chi connectivity index (χ0v) is 17.4. The Labute approximate surface area is 172 Å².